The molecule has 1 aromatic carbocycles. The van der Waals surface area contributed by atoms with Crippen molar-refractivity contribution < 1.29 is 4.39 Å². The van der Waals surface area contributed by atoms with Gasteiger partial charge in [0.1, 0.15) is 5.82 Å². The molecule has 0 saturated heterocycles. The summed E-state index contributed by atoms with van der Waals surface area (Å²) >= 11 is 0. The molecule has 1 fully saturated rings. The van der Waals surface area contributed by atoms with E-state index in [1.807, 2.05) is 6.07 Å². The molecule has 0 spiro atoms. The SMILES string of the molecule is CN=C(NCCCC1CC1)NCc1ccc(F)c(C)c1. The fraction of sp³-hybridized carbons (Fsp3) is 0.562. The average Bonchev–Trinajstić information content (AvgIpc) is 3.26. The zero-order valence-electron chi connectivity index (χ0n) is 12.4. The summed E-state index contributed by atoms with van der Waals surface area (Å²) in [6.45, 7) is 3.39. The van der Waals surface area contributed by atoms with Crippen LogP contribution >= 0.6 is 0 Å². The summed E-state index contributed by atoms with van der Waals surface area (Å²) in [6, 6.07) is 5.18. The van der Waals surface area contributed by atoms with Gasteiger partial charge in [-0.2, -0.15) is 0 Å². The second kappa shape index (κ2) is 7.27. The molecule has 0 amide bonds. The molecule has 1 aliphatic carbocycles. The van der Waals surface area contributed by atoms with Gasteiger partial charge in [0.15, 0.2) is 5.96 Å². The van der Waals surface area contributed by atoms with Crippen molar-refractivity contribution in [2.24, 2.45) is 10.9 Å². The second-order valence-electron chi connectivity index (χ2n) is 5.52. The number of hydrogen-bond acceptors (Lipinski definition) is 1. The normalized spacial score (nSPS) is 15.2. The lowest BCUT2D eigenvalue weighted by molar-refractivity contribution is 0.617. The van der Waals surface area contributed by atoms with Gasteiger partial charge in [0.25, 0.3) is 0 Å². The number of rotatable bonds is 6. The maximum absolute atomic E-state index is 13.2. The molecule has 0 bridgehead atoms. The smallest absolute Gasteiger partial charge is 0.191 e. The summed E-state index contributed by atoms with van der Waals surface area (Å²) in [5, 5.41) is 6.57. The third kappa shape index (κ3) is 4.83. The van der Waals surface area contributed by atoms with Crippen LogP contribution in [-0.4, -0.2) is 19.6 Å². The highest BCUT2D eigenvalue weighted by molar-refractivity contribution is 5.79. The lowest BCUT2D eigenvalue weighted by Gasteiger charge is -2.12. The summed E-state index contributed by atoms with van der Waals surface area (Å²) in [5.41, 5.74) is 1.74. The molecule has 0 unspecified atom stereocenters. The molecule has 1 aliphatic rings. The van der Waals surface area contributed by atoms with Crippen molar-refractivity contribution in [2.45, 2.75) is 39.2 Å². The van der Waals surface area contributed by atoms with Gasteiger partial charge in [-0.3, -0.25) is 4.99 Å². The first-order valence-electron chi connectivity index (χ1n) is 7.38. The number of halogens is 1. The first-order valence-corrected chi connectivity index (χ1v) is 7.38. The molecule has 4 heteroatoms. The molecular formula is C16H24FN3. The molecule has 1 aromatic rings. The number of aryl methyl sites for hydroxylation is 1. The van der Waals surface area contributed by atoms with Crippen molar-refractivity contribution in [3.8, 4) is 0 Å². The Bertz CT molecular complexity index is 467. The maximum Gasteiger partial charge on any atom is 0.191 e. The monoisotopic (exact) mass is 277 g/mol. The van der Waals surface area contributed by atoms with E-state index in [1.54, 1.807) is 20.0 Å². The van der Waals surface area contributed by atoms with Gasteiger partial charge in [-0.15, -0.1) is 0 Å². The van der Waals surface area contributed by atoms with E-state index < -0.39 is 0 Å². The van der Waals surface area contributed by atoms with E-state index in [2.05, 4.69) is 15.6 Å². The molecule has 0 aliphatic heterocycles. The zero-order valence-corrected chi connectivity index (χ0v) is 12.4. The van der Waals surface area contributed by atoms with Crippen molar-refractivity contribution in [3.05, 3.63) is 35.1 Å². The van der Waals surface area contributed by atoms with Gasteiger partial charge in [-0.1, -0.05) is 25.0 Å². The van der Waals surface area contributed by atoms with E-state index in [0.29, 0.717) is 12.1 Å². The molecule has 2 N–H and O–H groups in total. The minimum absolute atomic E-state index is 0.156. The van der Waals surface area contributed by atoms with Crippen LogP contribution in [0, 0.1) is 18.7 Å². The Morgan fingerprint density at radius 3 is 2.80 bits per heavy atom. The van der Waals surface area contributed by atoms with Gasteiger partial charge in [0, 0.05) is 20.1 Å². The lowest BCUT2D eigenvalue weighted by Crippen LogP contribution is -2.37. The number of benzene rings is 1. The molecule has 2 rings (SSSR count). The predicted molar refractivity (Wildman–Crippen MR) is 81.3 cm³/mol. The predicted octanol–water partition coefficient (Wildman–Crippen LogP) is 2.99. The minimum Gasteiger partial charge on any atom is -0.356 e. The maximum atomic E-state index is 13.2. The Kier molecular flexibility index (Phi) is 5.39. The van der Waals surface area contributed by atoms with Crippen LogP contribution in [0.15, 0.2) is 23.2 Å². The zero-order chi connectivity index (χ0) is 14.4. The molecular weight excluding hydrogens is 253 g/mol. The van der Waals surface area contributed by atoms with E-state index in [-0.39, 0.29) is 5.82 Å². The summed E-state index contributed by atoms with van der Waals surface area (Å²) in [7, 11) is 1.77. The van der Waals surface area contributed by atoms with Gasteiger partial charge in [-0.05, 0) is 42.9 Å². The summed E-state index contributed by atoms with van der Waals surface area (Å²) in [6.07, 6.45) is 5.34. The number of nitrogens with zero attached hydrogens (tertiary/aromatic N) is 1. The van der Waals surface area contributed by atoms with Crippen LogP contribution < -0.4 is 10.6 Å². The van der Waals surface area contributed by atoms with Gasteiger partial charge in [-0.25, -0.2) is 4.39 Å². The second-order valence-corrected chi connectivity index (χ2v) is 5.52. The van der Waals surface area contributed by atoms with Gasteiger partial charge >= 0.3 is 0 Å². The van der Waals surface area contributed by atoms with E-state index in [0.717, 1.165) is 24.0 Å². The van der Waals surface area contributed by atoms with Crippen LogP contribution in [0.2, 0.25) is 0 Å². The quantitative estimate of drug-likeness (QED) is 0.476. The lowest BCUT2D eigenvalue weighted by atomic mass is 10.1. The first-order chi connectivity index (χ1) is 9.69. The summed E-state index contributed by atoms with van der Waals surface area (Å²) in [4.78, 5) is 4.20. The van der Waals surface area contributed by atoms with Crippen LogP contribution in [0.25, 0.3) is 0 Å². The topological polar surface area (TPSA) is 36.4 Å². The number of hydrogen-bond donors (Lipinski definition) is 2. The van der Waals surface area contributed by atoms with Crippen LogP contribution in [0.3, 0.4) is 0 Å². The third-order valence-corrected chi connectivity index (χ3v) is 3.68. The standard InChI is InChI=1S/C16H24FN3/c1-12-10-14(7-8-15(12)17)11-20-16(18-2)19-9-3-4-13-5-6-13/h7-8,10,13H,3-6,9,11H2,1-2H3,(H2,18,19,20). The summed E-state index contributed by atoms with van der Waals surface area (Å²) < 4.78 is 13.2. The molecule has 0 aromatic heterocycles. The highest BCUT2D eigenvalue weighted by Crippen LogP contribution is 2.33. The van der Waals surface area contributed by atoms with E-state index in [9.17, 15) is 4.39 Å². The van der Waals surface area contributed by atoms with Crippen LogP contribution in [0.1, 0.15) is 36.8 Å². The highest BCUT2D eigenvalue weighted by atomic mass is 19.1. The Labute approximate surface area is 120 Å². The molecule has 110 valence electrons. The van der Waals surface area contributed by atoms with Crippen molar-refractivity contribution >= 4 is 5.96 Å². The van der Waals surface area contributed by atoms with Gasteiger partial charge < -0.3 is 10.6 Å². The third-order valence-electron chi connectivity index (χ3n) is 3.68. The molecule has 0 heterocycles. The Hall–Kier alpha value is -1.58. The van der Waals surface area contributed by atoms with Gasteiger partial charge in [0.05, 0.1) is 0 Å². The largest absolute Gasteiger partial charge is 0.356 e. The molecule has 20 heavy (non-hydrogen) atoms. The Balaban J connectivity index is 1.70. The van der Waals surface area contributed by atoms with Crippen molar-refractivity contribution in [3.63, 3.8) is 0 Å². The Morgan fingerprint density at radius 1 is 1.35 bits per heavy atom. The highest BCUT2D eigenvalue weighted by Gasteiger charge is 2.19. The minimum atomic E-state index is -0.156. The molecule has 1 saturated carbocycles. The molecule has 3 nitrogen and oxygen atoms in total. The van der Waals surface area contributed by atoms with Crippen LogP contribution in [0.4, 0.5) is 4.39 Å². The Morgan fingerprint density at radius 2 is 2.15 bits per heavy atom. The van der Waals surface area contributed by atoms with Crippen molar-refractivity contribution in [2.75, 3.05) is 13.6 Å². The van der Waals surface area contributed by atoms with E-state index in [4.69, 9.17) is 0 Å². The van der Waals surface area contributed by atoms with Crippen molar-refractivity contribution in [1.29, 1.82) is 0 Å². The molecule has 0 atom stereocenters. The number of nitrogens with one attached hydrogen (secondary N) is 2. The van der Waals surface area contributed by atoms with Gasteiger partial charge in [0.2, 0.25) is 0 Å². The fourth-order valence-electron chi connectivity index (χ4n) is 2.23. The fourth-order valence-corrected chi connectivity index (χ4v) is 2.23. The molecule has 0 radical (unpaired) electrons. The number of guanidine groups is 1. The van der Waals surface area contributed by atoms with E-state index >= 15 is 0 Å². The van der Waals surface area contributed by atoms with Crippen molar-refractivity contribution in [1.82, 2.24) is 10.6 Å². The average molecular weight is 277 g/mol. The van der Waals surface area contributed by atoms with Crippen LogP contribution in [-0.2, 0) is 6.54 Å². The number of aliphatic imine (C=N–C) groups is 1. The summed E-state index contributed by atoms with van der Waals surface area (Å²) in [5.74, 6) is 1.63. The van der Waals surface area contributed by atoms with E-state index in [1.165, 1.54) is 31.7 Å². The van der Waals surface area contributed by atoms with Crippen LogP contribution in [0.5, 0.6) is 0 Å². The first kappa shape index (κ1) is 14.8.